The average molecular weight is 372 g/mol. The summed E-state index contributed by atoms with van der Waals surface area (Å²) in [6.45, 7) is 3.77. The summed E-state index contributed by atoms with van der Waals surface area (Å²) in [7, 11) is 5.04. The number of unbranched alkanes of at least 4 members (excludes halogenated alkanes) is 2. The summed E-state index contributed by atoms with van der Waals surface area (Å²) < 4.78 is 11.6. The minimum atomic E-state index is 0.647. The van der Waals surface area contributed by atoms with Crippen LogP contribution in [-0.2, 0) is 6.54 Å². The van der Waals surface area contributed by atoms with Gasteiger partial charge in [-0.2, -0.15) is 0 Å². The maximum Gasteiger partial charge on any atom is 0.191 e. The SMILES string of the molecule is CCCCCNC(=NC)NCc1cc(OC)c(OC)cc1Br. The highest BCUT2D eigenvalue weighted by Crippen LogP contribution is 2.33. The van der Waals surface area contributed by atoms with Gasteiger partial charge in [-0.3, -0.25) is 4.99 Å². The van der Waals surface area contributed by atoms with E-state index in [1.165, 1.54) is 12.8 Å². The minimum absolute atomic E-state index is 0.647. The molecule has 1 rings (SSSR count). The fraction of sp³-hybridized carbons (Fsp3) is 0.562. The molecule has 0 heterocycles. The number of nitrogens with zero attached hydrogens (tertiary/aromatic N) is 1. The molecule has 0 unspecified atom stereocenters. The summed E-state index contributed by atoms with van der Waals surface area (Å²) in [5.41, 5.74) is 1.08. The van der Waals surface area contributed by atoms with Crippen molar-refractivity contribution in [3.8, 4) is 11.5 Å². The summed E-state index contributed by atoms with van der Waals surface area (Å²) >= 11 is 3.56. The smallest absolute Gasteiger partial charge is 0.191 e. The van der Waals surface area contributed by atoms with Crippen molar-refractivity contribution in [2.45, 2.75) is 32.7 Å². The van der Waals surface area contributed by atoms with E-state index in [0.29, 0.717) is 18.0 Å². The molecular weight excluding hydrogens is 346 g/mol. The van der Waals surface area contributed by atoms with E-state index in [1.807, 2.05) is 12.1 Å². The molecule has 0 aliphatic rings. The van der Waals surface area contributed by atoms with Crippen molar-refractivity contribution in [1.82, 2.24) is 10.6 Å². The summed E-state index contributed by atoms with van der Waals surface area (Å²) in [6, 6.07) is 3.87. The van der Waals surface area contributed by atoms with Gasteiger partial charge in [0.1, 0.15) is 0 Å². The fourth-order valence-corrected chi connectivity index (χ4v) is 2.48. The lowest BCUT2D eigenvalue weighted by atomic mass is 10.2. The van der Waals surface area contributed by atoms with Crippen molar-refractivity contribution in [3.63, 3.8) is 0 Å². The van der Waals surface area contributed by atoms with Gasteiger partial charge in [-0.05, 0) is 24.1 Å². The molecule has 0 aromatic heterocycles. The molecule has 5 nitrogen and oxygen atoms in total. The highest BCUT2D eigenvalue weighted by molar-refractivity contribution is 9.10. The number of methoxy groups -OCH3 is 2. The average Bonchev–Trinajstić information content (AvgIpc) is 2.54. The van der Waals surface area contributed by atoms with Gasteiger partial charge in [-0.15, -0.1) is 0 Å². The Morgan fingerprint density at radius 1 is 1.14 bits per heavy atom. The van der Waals surface area contributed by atoms with Crippen LogP contribution in [0.4, 0.5) is 0 Å². The maximum atomic E-state index is 5.34. The lowest BCUT2D eigenvalue weighted by Gasteiger charge is -2.15. The monoisotopic (exact) mass is 371 g/mol. The molecule has 1 aromatic carbocycles. The Hall–Kier alpha value is -1.43. The van der Waals surface area contributed by atoms with Gasteiger partial charge in [0.2, 0.25) is 0 Å². The zero-order valence-electron chi connectivity index (χ0n) is 13.8. The predicted octanol–water partition coefficient (Wildman–Crippen LogP) is 3.32. The van der Waals surface area contributed by atoms with Crippen molar-refractivity contribution >= 4 is 21.9 Å². The first-order valence-corrected chi connectivity index (χ1v) is 8.30. The first kappa shape index (κ1) is 18.6. The number of halogens is 1. The van der Waals surface area contributed by atoms with Gasteiger partial charge in [0, 0.05) is 24.6 Å². The van der Waals surface area contributed by atoms with Crippen molar-refractivity contribution in [1.29, 1.82) is 0 Å². The lowest BCUT2D eigenvalue weighted by Crippen LogP contribution is -2.37. The van der Waals surface area contributed by atoms with Gasteiger partial charge in [-0.25, -0.2) is 0 Å². The molecule has 1 aromatic rings. The van der Waals surface area contributed by atoms with E-state index in [9.17, 15) is 0 Å². The molecule has 0 saturated carbocycles. The van der Waals surface area contributed by atoms with Crippen LogP contribution in [0.1, 0.15) is 31.7 Å². The Morgan fingerprint density at radius 2 is 1.82 bits per heavy atom. The van der Waals surface area contributed by atoms with E-state index in [1.54, 1.807) is 21.3 Å². The Kier molecular flexibility index (Phi) is 8.74. The van der Waals surface area contributed by atoms with E-state index in [-0.39, 0.29) is 0 Å². The first-order chi connectivity index (χ1) is 10.7. The van der Waals surface area contributed by atoms with Gasteiger partial charge >= 0.3 is 0 Å². The summed E-state index contributed by atoms with van der Waals surface area (Å²) in [6.07, 6.45) is 3.59. The number of benzene rings is 1. The van der Waals surface area contributed by atoms with Crippen molar-refractivity contribution in [2.75, 3.05) is 27.8 Å². The quantitative estimate of drug-likeness (QED) is 0.418. The summed E-state index contributed by atoms with van der Waals surface area (Å²) in [4.78, 5) is 4.23. The standard InChI is InChI=1S/C16H26BrN3O2/c1-5-6-7-8-19-16(18-2)20-11-12-9-14(21-3)15(22-4)10-13(12)17/h9-10H,5-8,11H2,1-4H3,(H2,18,19,20). The van der Waals surface area contributed by atoms with Gasteiger partial charge in [0.05, 0.1) is 14.2 Å². The molecule has 124 valence electrons. The van der Waals surface area contributed by atoms with Crippen LogP contribution in [-0.4, -0.2) is 33.8 Å². The van der Waals surface area contributed by atoms with Crippen LogP contribution in [0.25, 0.3) is 0 Å². The highest BCUT2D eigenvalue weighted by atomic mass is 79.9. The van der Waals surface area contributed by atoms with Crippen LogP contribution in [0.15, 0.2) is 21.6 Å². The van der Waals surface area contributed by atoms with Crippen molar-refractivity contribution in [2.24, 2.45) is 4.99 Å². The van der Waals surface area contributed by atoms with E-state index < -0.39 is 0 Å². The predicted molar refractivity (Wildman–Crippen MR) is 95.0 cm³/mol. The second kappa shape index (κ2) is 10.3. The normalized spacial score (nSPS) is 11.2. The van der Waals surface area contributed by atoms with Gasteiger partial charge in [-0.1, -0.05) is 35.7 Å². The molecule has 0 saturated heterocycles. The molecule has 0 aliphatic carbocycles. The van der Waals surface area contributed by atoms with Crippen molar-refractivity contribution in [3.05, 3.63) is 22.2 Å². The Labute approximate surface area is 141 Å². The molecule has 0 bridgehead atoms. The number of aliphatic imine (C=N–C) groups is 1. The van der Waals surface area contributed by atoms with Crippen molar-refractivity contribution < 1.29 is 9.47 Å². The number of hydrogen-bond donors (Lipinski definition) is 2. The highest BCUT2D eigenvalue weighted by Gasteiger charge is 2.10. The molecule has 0 radical (unpaired) electrons. The minimum Gasteiger partial charge on any atom is -0.493 e. The van der Waals surface area contributed by atoms with Gasteiger partial charge in [0.15, 0.2) is 17.5 Å². The zero-order valence-corrected chi connectivity index (χ0v) is 15.4. The third-order valence-electron chi connectivity index (χ3n) is 3.30. The number of guanidine groups is 1. The molecule has 0 fully saturated rings. The Bertz CT molecular complexity index is 493. The van der Waals surface area contributed by atoms with Crippen LogP contribution >= 0.6 is 15.9 Å². The van der Waals surface area contributed by atoms with E-state index >= 15 is 0 Å². The molecule has 22 heavy (non-hydrogen) atoms. The molecule has 0 spiro atoms. The molecule has 0 aliphatic heterocycles. The first-order valence-electron chi connectivity index (χ1n) is 7.51. The van der Waals surface area contributed by atoms with E-state index in [2.05, 4.69) is 38.5 Å². The number of rotatable bonds is 8. The van der Waals surface area contributed by atoms with Crippen LogP contribution in [0, 0.1) is 0 Å². The lowest BCUT2D eigenvalue weighted by molar-refractivity contribution is 0.354. The van der Waals surface area contributed by atoms with Gasteiger partial charge < -0.3 is 20.1 Å². The molecule has 2 N–H and O–H groups in total. The zero-order chi connectivity index (χ0) is 16.4. The largest absolute Gasteiger partial charge is 0.493 e. The molecular formula is C16H26BrN3O2. The molecule has 0 amide bonds. The summed E-state index contributed by atoms with van der Waals surface area (Å²) in [5.74, 6) is 2.23. The fourth-order valence-electron chi connectivity index (χ4n) is 2.01. The third kappa shape index (κ3) is 5.75. The van der Waals surface area contributed by atoms with E-state index in [4.69, 9.17) is 9.47 Å². The summed E-state index contributed by atoms with van der Waals surface area (Å²) in [5, 5.41) is 6.62. The topological polar surface area (TPSA) is 54.9 Å². The molecule has 0 atom stereocenters. The number of ether oxygens (including phenoxy) is 2. The van der Waals surface area contributed by atoms with Crippen LogP contribution < -0.4 is 20.1 Å². The third-order valence-corrected chi connectivity index (χ3v) is 4.03. The van der Waals surface area contributed by atoms with Gasteiger partial charge in [0.25, 0.3) is 0 Å². The van der Waals surface area contributed by atoms with Crippen LogP contribution in [0.2, 0.25) is 0 Å². The Balaban J connectivity index is 2.62. The van der Waals surface area contributed by atoms with Crippen LogP contribution in [0.3, 0.4) is 0 Å². The number of nitrogens with one attached hydrogen (secondary N) is 2. The Morgan fingerprint density at radius 3 is 2.41 bits per heavy atom. The second-order valence-electron chi connectivity index (χ2n) is 4.86. The second-order valence-corrected chi connectivity index (χ2v) is 5.71. The maximum absolute atomic E-state index is 5.34. The molecule has 6 heteroatoms. The van der Waals surface area contributed by atoms with E-state index in [0.717, 1.165) is 29.0 Å². The number of hydrogen-bond acceptors (Lipinski definition) is 3. The van der Waals surface area contributed by atoms with Crippen LogP contribution in [0.5, 0.6) is 11.5 Å².